The summed E-state index contributed by atoms with van der Waals surface area (Å²) in [6, 6.07) is 15.2. The molecule has 0 unspecified atom stereocenters. The summed E-state index contributed by atoms with van der Waals surface area (Å²) in [5.41, 5.74) is 7.84. The Hall–Kier alpha value is -3.60. The number of hydrogen-bond donors (Lipinski definition) is 2. The summed E-state index contributed by atoms with van der Waals surface area (Å²) >= 11 is 0. The average molecular weight is 409 g/mol. The summed E-state index contributed by atoms with van der Waals surface area (Å²) in [6.45, 7) is 6.96. The van der Waals surface area contributed by atoms with Gasteiger partial charge in [0, 0.05) is 23.3 Å². The number of nitrogens with zero attached hydrogens (tertiary/aromatic N) is 2. The van der Waals surface area contributed by atoms with Gasteiger partial charge in [-0.25, -0.2) is 9.97 Å². The van der Waals surface area contributed by atoms with E-state index in [0.717, 1.165) is 57.1 Å². The van der Waals surface area contributed by atoms with E-state index in [0.29, 0.717) is 12.5 Å². The Morgan fingerprint density at radius 2 is 1.94 bits per heavy atom. The molecule has 2 aromatic heterocycles. The van der Waals surface area contributed by atoms with Gasteiger partial charge in [-0.05, 0) is 46.3 Å². The van der Waals surface area contributed by atoms with Crippen molar-refractivity contribution in [2.75, 3.05) is 0 Å². The van der Waals surface area contributed by atoms with Crippen molar-refractivity contribution in [2.24, 2.45) is 0 Å². The van der Waals surface area contributed by atoms with E-state index in [2.05, 4.69) is 83.2 Å². The van der Waals surface area contributed by atoms with Gasteiger partial charge in [0.15, 0.2) is 0 Å². The van der Waals surface area contributed by atoms with E-state index >= 15 is 0 Å². The first-order chi connectivity index (χ1) is 15.1. The molecule has 0 atom stereocenters. The van der Waals surface area contributed by atoms with Gasteiger partial charge >= 0.3 is 0 Å². The molecular formula is C26H24N4O. The molecule has 0 saturated carbocycles. The smallest absolute Gasteiger partial charge is 0.128 e. The third-order valence-electron chi connectivity index (χ3n) is 6.19. The van der Waals surface area contributed by atoms with Crippen LogP contribution in [0.2, 0.25) is 0 Å². The maximum Gasteiger partial charge on any atom is 0.128 e. The third-order valence-corrected chi connectivity index (χ3v) is 6.19. The molecule has 5 aromatic rings. The maximum absolute atomic E-state index is 6.21. The van der Waals surface area contributed by atoms with Gasteiger partial charge in [0.05, 0.1) is 22.9 Å². The van der Waals surface area contributed by atoms with Gasteiger partial charge < -0.3 is 14.7 Å². The second kappa shape index (κ2) is 6.71. The van der Waals surface area contributed by atoms with E-state index in [9.17, 15) is 0 Å². The number of imidazole rings is 2. The first-order valence-corrected chi connectivity index (χ1v) is 10.9. The molecule has 2 N–H and O–H groups in total. The van der Waals surface area contributed by atoms with Crippen LogP contribution in [0.15, 0.2) is 48.7 Å². The van der Waals surface area contributed by atoms with Crippen LogP contribution in [-0.4, -0.2) is 19.9 Å². The van der Waals surface area contributed by atoms with Crippen molar-refractivity contribution in [1.29, 1.82) is 0 Å². The molecule has 0 radical (unpaired) electrons. The third kappa shape index (κ3) is 2.84. The number of fused-ring (bicyclic) bond motifs is 6. The van der Waals surface area contributed by atoms with Gasteiger partial charge in [-0.3, -0.25) is 0 Å². The van der Waals surface area contributed by atoms with Crippen molar-refractivity contribution in [3.8, 4) is 28.1 Å². The lowest BCUT2D eigenvalue weighted by atomic mass is 9.92. The van der Waals surface area contributed by atoms with E-state index in [1.54, 1.807) is 0 Å². The number of aryl methyl sites for hydroxylation is 1. The van der Waals surface area contributed by atoms with E-state index in [1.807, 2.05) is 6.20 Å². The Morgan fingerprint density at radius 3 is 2.74 bits per heavy atom. The fraction of sp³-hybridized carbons (Fsp3) is 0.231. The number of aromatic nitrogens is 4. The van der Waals surface area contributed by atoms with Crippen molar-refractivity contribution >= 4 is 21.8 Å². The molecule has 154 valence electrons. The molecule has 3 aromatic carbocycles. The largest absolute Gasteiger partial charge is 0.488 e. The van der Waals surface area contributed by atoms with Crippen LogP contribution in [0.25, 0.3) is 44.2 Å². The highest BCUT2D eigenvalue weighted by Crippen LogP contribution is 2.42. The lowest BCUT2D eigenvalue weighted by molar-refractivity contribution is 0.303. The highest BCUT2D eigenvalue weighted by molar-refractivity contribution is 6.07. The average Bonchev–Trinajstić information content (AvgIpc) is 3.45. The topological polar surface area (TPSA) is 66.6 Å². The zero-order valence-corrected chi connectivity index (χ0v) is 17.9. The summed E-state index contributed by atoms with van der Waals surface area (Å²) in [6.07, 6.45) is 2.81. The van der Waals surface area contributed by atoms with Crippen LogP contribution in [0.3, 0.4) is 0 Å². The predicted molar refractivity (Wildman–Crippen MR) is 124 cm³/mol. The van der Waals surface area contributed by atoms with Gasteiger partial charge in [0.2, 0.25) is 0 Å². The Morgan fingerprint density at radius 1 is 1.03 bits per heavy atom. The lowest BCUT2D eigenvalue weighted by Crippen LogP contribution is -2.05. The van der Waals surface area contributed by atoms with E-state index in [1.165, 1.54) is 16.5 Å². The van der Waals surface area contributed by atoms with Crippen molar-refractivity contribution < 1.29 is 4.74 Å². The fourth-order valence-electron chi connectivity index (χ4n) is 4.46. The molecule has 0 spiro atoms. The molecule has 0 bridgehead atoms. The van der Waals surface area contributed by atoms with E-state index in [-0.39, 0.29) is 0 Å². The molecule has 5 heteroatoms. The van der Waals surface area contributed by atoms with Crippen LogP contribution in [0.1, 0.15) is 43.9 Å². The monoisotopic (exact) mass is 408 g/mol. The quantitative estimate of drug-likeness (QED) is 0.365. The summed E-state index contributed by atoms with van der Waals surface area (Å²) in [7, 11) is 0. The number of rotatable bonds is 3. The normalized spacial score (nSPS) is 12.9. The van der Waals surface area contributed by atoms with E-state index in [4.69, 9.17) is 4.74 Å². The Kier molecular flexibility index (Phi) is 3.93. The van der Waals surface area contributed by atoms with Crippen LogP contribution in [0, 0.1) is 0 Å². The number of benzene rings is 3. The van der Waals surface area contributed by atoms with Gasteiger partial charge in [-0.1, -0.05) is 39.0 Å². The summed E-state index contributed by atoms with van der Waals surface area (Å²) in [5.74, 6) is 3.33. The molecule has 5 nitrogen and oxygen atoms in total. The minimum atomic E-state index is 0.379. The summed E-state index contributed by atoms with van der Waals surface area (Å²) in [4.78, 5) is 16.1. The first-order valence-electron chi connectivity index (χ1n) is 10.9. The maximum atomic E-state index is 6.21. The summed E-state index contributed by atoms with van der Waals surface area (Å²) < 4.78 is 6.21. The fourth-order valence-corrected chi connectivity index (χ4v) is 4.46. The molecule has 3 heterocycles. The molecule has 1 aliphatic rings. The molecule has 0 fully saturated rings. The minimum Gasteiger partial charge on any atom is -0.488 e. The van der Waals surface area contributed by atoms with Gasteiger partial charge in [0.25, 0.3) is 0 Å². The van der Waals surface area contributed by atoms with Gasteiger partial charge in [-0.15, -0.1) is 0 Å². The second-order valence-corrected chi connectivity index (χ2v) is 8.56. The SMILES string of the molecule is CCc1nc2ccc3cc4c(cc3c2[nH]1)OCc1cc(-c2cnc(C(C)C)[nH]2)ccc1-4. The lowest BCUT2D eigenvalue weighted by Gasteiger charge is -2.22. The standard InChI is InChI=1S/C26H24N4O/c1-4-24-28-21-8-6-15-10-20-18-7-5-16(22-12-27-26(29-22)14(2)3)9-17(18)13-31-23(20)11-19(15)25(21)30-24/h5-12,14H,4,13H2,1-3H3,(H,27,29)(H,28,30). The number of H-pyrrole nitrogens is 2. The minimum absolute atomic E-state index is 0.379. The highest BCUT2D eigenvalue weighted by atomic mass is 16.5. The summed E-state index contributed by atoms with van der Waals surface area (Å²) in [5, 5.41) is 2.34. The van der Waals surface area contributed by atoms with Gasteiger partial charge in [-0.2, -0.15) is 0 Å². The van der Waals surface area contributed by atoms with E-state index < -0.39 is 0 Å². The van der Waals surface area contributed by atoms with Crippen molar-refractivity contribution in [3.63, 3.8) is 0 Å². The molecule has 6 rings (SSSR count). The Labute approximate surface area is 180 Å². The molecule has 0 aliphatic carbocycles. The van der Waals surface area contributed by atoms with Crippen molar-refractivity contribution in [1.82, 2.24) is 19.9 Å². The van der Waals surface area contributed by atoms with Crippen LogP contribution in [0.4, 0.5) is 0 Å². The zero-order chi connectivity index (χ0) is 21.1. The van der Waals surface area contributed by atoms with Crippen LogP contribution in [-0.2, 0) is 13.0 Å². The Bertz CT molecular complexity index is 1460. The molecule has 0 amide bonds. The first kappa shape index (κ1) is 18.2. The zero-order valence-electron chi connectivity index (χ0n) is 17.9. The number of aromatic amines is 2. The molecule has 1 aliphatic heterocycles. The number of hydrogen-bond acceptors (Lipinski definition) is 3. The van der Waals surface area contributed by atoms with Crippen LogP contribution in [0.5, 0.6) is 5.75 Å². The highest BCUT2D eigenvalue weighted by Gasteiger charge is 2.20. The molecular weight excluding hydrogens is 384 g/mol. The molecule has 31 heavy (non-hydrogen) atoms. The van der Waals surface area contributed by atoms with Gasteiger partial charge in [0.1, 0.15) is 24.0 Å². The second-order valence-electron chi connectivity index (χ2n) is 8.56. The molecule has 0 saturated heterocycles. The van der Waals surface area contributed by atoms with Crippen molar-refractivity contribution in [3.05, 3.63) is 65.9 Å². The van der Waals surface area contributed by atoms with Crippen LogP contribution < -0.4 is 4.74 Å². The predicted octanol–water partition coefficient (Wildman–Crippen LogP) is 6.35. The van der Waals surface area contributed by atoms with Crippen LogP contribution >= 0.6 is 0 Å². The van der Waals surface area contributed by atoms with Crippen molar-refractivity contribution in [2.45, 2.75) is 39.7 Å². The number of ether oxygens (including phenoxy) is 1. The Balaban J connectivity index is 1.46. The number of nitrogens with one attached hydrogen (secondary N) is 2.